The van der Waals surface area contributed by atoms with Gasteiger partial charge in [0, 0.05) is 17.7 Å². The summed E-state index contributed by atoms with van der Waals surface area (Å²) in [7, 11) is 0. The van der Waals surface area contributed by atoms with Gasteiger partial charge in [0.2, 0.25) is 0 Å². The zero-order valence-corrected chi connectivity index (χ0v) is 12.0. The highest BCUT2D eigenvalue weighted by Crippen LogP contribution is 2.28. The Labute approximate surface area is 116 Å². The number of thioether (sulfide) groups is 1. The van der Waals surface area contributed by atoms with E-state index in [0.717, 1.165) is 0 Å². The summed E-state index contributed by atoms with van der Waals surface area (Å²) in [6.07, 6.45) is 0.650. The van der Waals surface area contributed by atoms with Crippen molar-refractivity contribution in [2.45, 2.75) is 32.9 Å². The molecule has 0 aromatic carbocycles. The highest BCUT2D eigenvalue weighted by Gasteiger charge is 2.23. The first-order chi connectivity index (χ1) is 8.82. The number of carbonyl (C=O) groups is 2. The predicted octanol–water partition coefficient (Wildman–Crippen LogP) is 2.80. The van der Waals surface area contributed by atoms with E-state index in [0.29, 0.717) is 35.2 Å². The number of aliphatic carboxylic acids is 1. The predicted molar refractivity (Wildman–Crippen MR) is 72.7 cm³/mol. The van der Waals surface area contributed by atoms with Gasteiger partial charge in [0.1, 0.15) is 17.1 Å². The van der Waals surface area contributed by atoms with Crippen LogP contribution >= 0.6 is 11.8 Å². The molecule has 1 heterocycles. The molecule has 0 bridgehead atoms. The maximum atomic E-state index is 11.3. The number of aryl methyl sites for hydroxylation is 1. The molecule has 0 aliphatic carbocycles. The molecule has 0 spiro atoms. The molecule has 0 aliphatic rings. The van der Waals surface area contributed by atoms with Gasteiger partial charge in [-0.1, -0.05) is 13.8 Å². The van der Waals surface area contributed by atoms with Gasteiger partial charge in [0.25, 0.3) is 0 Å². The van der Waals surface area contributed by atoms with Crippen LogP contribution in [0.15, 0.2) is 4.42 Å². The molecule has 0 saturated carbocycles. The van der Waals surface area contributed by atoms with Gasteiger partial charge in [0.05, 0.1) is 5.75 Å². The monoisotopic (exact) mass is 286 g/mol. The van der Waals surface area contributed by atoms with Gasteiger partial charge in [-0.2, -0.15) is 0 Å². The molecule has 6 heteroatoms. The third-order valence-electron chi connectivity index (χ3n) is 2.55. The van der Waals surface area contributed by atoms with Crippen molar-refractivity contribution in [2.75, 3.05) is 5.75 Å². The Bertz CT molecular complexity index is 476. The average molecular weight is 286 g/mol. The molecule has 1 aromatic heterocycles. The summed E-state index contributed by atoms with van der Waals surface area (Å²) >= 11 is 1.18. The Morgan fingerprint density at radius 2 is 1.95 bits per heavy atom. The van der Waals surface area contributed by atoms with E-state index in [9.17, 15) is 14.7 Å². The molecule has 106 valence electrons. The Kier molecular flexibility index (Phi) is 5.47. The number of rotatable bonds is 7. The number of carboxylic acid groups (broad SMARTS) is 2. The second-order valence-corrected chi connectivity index (χ2v) is 5.71. The van der Waals surface area contributed by atoms with Crippen LogP contribution in [0.4, 0.5) is 0 Å². The first kappa shape index (κ1) is 15.6. The molecule has 1 aromatic rings. The molecule has 1 rings (SSSR count). The van der Waals surface area contributed by atoms with E-state index in [1.54, 1.807) is 6.92 Å². The molecule has 0 radical (unpaired) electrons. The second-order valence-electron chi connectivity index (χ2n) is 4.72. The number of carboxylic acids is 2. The van der Waals surface area contributed by atoms with E-state index in [1.165, 1.54) is 11.8 Å². The number of furan rings is 1. The van der Waals surface area contributed by atoms with E-state index in [4.69, 9.17) is 9.52 Å². The molecule has 0 aliphatic heterocycles. The molecule has 0 fully saturated rings. The molecular weight excluding hydrogens is 268 g/mol. The number of aromatic carboxylic acids is 1. The van der Waals surface area contributed by atoms with Crippen LogP contribution in [0.1, 0.15) is 41.3 Å². The minimum atomic E-state index is -1.03. The van der Waals surface area contributed by atoms with Crippen LogP contribution in [0.5, 0.6) is 0 Å². The van der Waals surface area contributed by atoms with Crippen molar-refractivity contribution in [3.63, 3.8) is 0 Å². The van der Waals surface area contributed by atoms with Crippen molar-refractivity contribution < 1.29 is 24.2 Å². The van der Waals surface area contributed by atoms with Crippen molar-refractivity contribution in [3.05, 3.63) is 22.6 Å². The Hall–Kier alpha value is -1.43. The lowest BCUT2D eigenvalue weighted by Crippen LogP contribution is -2.05. The van der Waals surface area contributed by atoms with E-state index in [-0.39, 0.29) is 11.3 Å². The average Bonchev–Trinajstić information content (AvgIpc) is 2.53. The van der Waals surface area contributed by atoms with E-state index < -0.39 is 11.9 Å². The Balaban J connectivity index is 3.00. The standard InChI is InChI=1S/C13H18O5S/c1-7(2)4-10-9(5-19-6-11(14)15)12(13(16)17)8(3)18-10/h7H,4-6H2,1-3H3,(H,14,15)(H,16,17). The molecule has 2 N–H and O–H groups in total. The van der Waals surface area contributed by atoms with Crippen LogP contribution in [0.3, 0.4) is 0 Å². The van der Waals surface area contributed by atoms with Gasteiger partial charge in [-0.25, -0.2) is 4.79 Å². The quantitative estimate of drug-likeness (QED) is 0.801. The van der Waals surface area contributed by atoms with Crippen molar-refractivity contribution >= 4 is 23.7 Å². The lowest BCUT2D eigenvalue weighted by molar-refractivity contribution is -0.133. The molecule has 19 heavy (non-hydrogen) atoms. The minimum absolute atomic E-state index is 0.0512. The van der Waals surface area contributed by atoms with Gasteiger partial charge in [0.15, 0.2) is 0 Å². The SMILES string of the molecule is Cc1oc(CC(C)C)c(CSCC(=O)O)c1C(=O)O. The summed E-state index contributed by atoms with van der Waals surface area (Å²) in [5.41, 5.74) is 0.790. The van der Waals surface area contributed by atoms with Crippen molar-refractivity contribution in [1.29, 1.82) is 0 Å². The van der Waals surface area contributed by atoms with Gasteiger partial charge in [-0.15, -0.1) is 11.8 Å². The third-order valence-corrected chi connectivity index (χ3v) is 3.49. The smallest absolute Gasteiger partial charge is 0.339 e. The van der Waals surface area contributed by atoms with E-state index in [1.807, 2.05) is 13.8 Å². The Morgan fingerprint density at radius 1 is 1.32 bits per heavy atom. The molecular formula is C13H18O5S. The van der Waals surface area contributed by atoms with Crippen LogP contribution in [-0.2, 0) is 17.0 Å². The molecule has 0 unspecified atom stereocenters. The lowest BCUT2D eigenvalue weighted by Gasteiger charge is -2.05. The zero-order valence-electron chi connectivity index (χ0n) is 11.2. The van der Waals surface area contributed by atoms with Gasteiger partial charge in [-0.3, -0.25) is 4.79 Å². The number of hydrogen-bond donors (Lipinski definition) is 2. The van der Waals surface area contributed by atoms with E-state index in [2.05, 4.69) is 0 Å². The number of hydrogen-bond acceptors (Lipinski definition) is 4. The van der Waals surface area contributed by atoms with E-state index >= 15 is 0 Å². The summed E-state index contributed by atoms with van der Waals surface area (Å²) in [6.45, 7) is 5.66. The summed E-state index contributed by atoms with van der Waals surface area (Å²) in [5, 5.41) is 17.8. The molecule has 0 saturated heterocycles. The second kappa shape index (κ2) is 6.65. The topological polar surface area (TPSA) is 87.7 Å². The normalized spacial score (nSPS) is 10.9. The van der Waals surface area contributed by atoms with Gasteiger partial charge in [-0.05, 0) is 12.8 Å². The minimum Gasteiger partial charge on any atom is -0.481 e. The van der Waals surface area contributed by atoms with Crippen LogP contribution in [0, 0.1) is 12.8 Å². The highest BCUT2D eigenvalue weighted by atomic mass is 32.2. The fraction of sp³-hybridized carbons (Fsp3) is 0.538. The fourth-order valence-electron chi connectivity index (χ4n) is 1.86. The summed E-state index contributed by atoms with van der Waals surface area (Å²) in [5.74, 6) is -0.264. The van der Waals surface area contributed by atoms with Gasteiger partial charge >= 0.3 is 11.9 Å². The van der Waals surface area contributed by atoms with Crippen LogP contribution < -0.4 is 0 Å². The lowest BCUT2D eigenvalue weighted by atomic mass is 10.0. The summed E-state index contributed by atoms with van der Waals surface area (Å²) < 4.78 is 5.53. The van der Waals surface area contributed by atoms with Crippen LogP contribution in [-0.4, -0.2) is 27.9 Å². The van der Waals surface area contributed by atoms with Crippen LogP contribution in [0.2, 0.25) is 0 Å². The highest BCUT2D eigenvalue weighted by molar-refractivity contribution is 7.99. The first-order valence-corrected chi connectivity index (χ1v) is 7.12. The maximum absolute atomic E-state index is 11.3. The summed E-state index contributed by atoms with van der Waals surface area (Å²) in [6, 6.07) is 0. The zero-order chi connectivity index (χ0) is 14.6. The van der Waals surface area contributed by atoms with Crippen molar-refractivity contribution in [2.24, 2.45) is 5.92 Å². The van der Waals surface area contributed by atoms with Crippen LogP contribution in [0.25, 0.3) is 0 Å². The summed E-state index contributed by atoms with van der Waals surface area (Å²) in [4.78, 5) is 21.8. The van der Waals surface area contributed by atoms with Crippen molar-refractivity contribution in [1.82, 2.24) is 0 Å². The van der Waals surface area contributed by atoms with Gasteiger partial charge < -0.3 is 14.6 Å². The molecule has 0 atom stereocenters. The largest absolute Gasteiger partial charge is 0.481 e. The third kappa shape index (κ3) is 4.31. The fourth-order valence-corrected chi connectivity index (χ4v) is 2.64. The van der Waals surface area contributed by atoms with Crippen molar-refractivity contribution in [3.8, 4) is 0 Å². The first-order valence-electron chi connectivity index (χ1n) is 5.96. The Morgan fingerprint density at radius 3 is 2.42 bits per heavy atom. The maximum Gasteiger partial charge on any atom is 0.339 e. The molecule has 0 amide bonds. The molecule has 5 nitrogen and oxygen atoms in total.